The molecule has 0 unspecified atom stereocenters. The van der Waals surface area contributed by atoms with Crippen molar-refractivity contribution in [3.05, 3.63) is 66.7 Å². The Morgan fingerprint density at radius 3 is 2.12 bits per heavy atom. The van der Waals surface area contributed by atoms with Gasteiger partial charge in [0, 0.05) is 42.7 Å². The van der Waals surface area contributed by atoms with Crippen LogP contribution in [0, 0.1) is 0 Å². The molecule has 0 aliphatic rings. The molecule has 0 fully saturated rings. The number of ether oxygens (including phenoxy) is 2. The van der Waals surface area contributed by atoms with E-state index < -0.39 is 16.1 Å². The number of nitrogens with zero attached hydrogens (tertiary/aromatic N) is 3. The molecular weight excluding hydrogens is 534 g/mol. The third-order valence-corrected chi connectivity index (χ3v) is 7.00. The van der Waals surface area contributed by atoms with Crippen LogP contribution in [0.4, 0.5) is 27.8 Å². The summed E-state index contributed by atoms with van der Waals surface area (Å²) < 4.78 is 40.1. The molecule has 0 bridgehead atoms. The topological polar surface area (TPSA) is 147 Å². The summed E-state index contributed by atoms with van der Waals surface area (Å²) in [4.78, 5) is 23.2. The molecule has 0 saturated carbocycles. The number of aromatic nitrogens is 2. The van der Waals surface area contributed by atoms with Gasteiger partial charge in [-0.25, -0.2) is 23.2 Å². The predicted octanol–water partition coefficient (Wildman–Crippen LogP) is 3.87. The minimum Gasteiger partial charge on any atom is -0.497 e. The third-order valence-electron chi connectivity index (χ3n) is 5.66. The van der Waals surface area contributed by atoms with Crippen LogP contribution in [0.15, 0.2) is 71.6 Å². The highest BCUT2D eigenvalue weighted by Gasteiger charge is 2.20. The molecule has 40 heavy (non-hydrogen) atoms. The van der Waals surface area contributed by atoms with E-state index in [0.717, 1.165) is 0 Å². The zero-order valence-corrected chi connectivity index (χ0v) is 23.4. The second-order valence-corrected chi connectivity index (χ2v) is 10.6. The normalized spacial score (nSPS) is 11.2. The Labute approximate surface area is 232 Å². The zero-order valence-electron chi connectivity index (χ0n) is 22.6. The fourth-order valence-corrected chi connectivity index (χ4v) is 4.72. The molecule has 0 spiro atoms. The standard InChI is InChI=1S/C27H31N7O5S/c1-34(2)13-12-28-27(35)30-18-8-7-9-22(16-18)40(36,37)33-26-25(31-23-10-5-6-11-24(23)32-26)29-19-14-20(38-3)17-21(15-19)39-4/h5-11,14-17H,12-13H2,1-4H3,(H,29,31)(H,32,33)(H2,28,30,35). The summed E-state index contributed by atoms with van der Waals surface area (Å²) in [5.41, 5.74) is 1.93. The lowest BCUT2D eigenvalue weighted by atomic mass is 10.2. The summed E-state index contributed by atoms with van der Waals surface area (Å²) in [6.07, 6.45) is 0. The molecule has 0 saturated heterocycles. The van der Waals surface area contributed by atoms with E-state index in [2.05, 4.69) is 30.6 Å². The Kier molecular flexibility index (Phi) is 8.86. The van der Waals surface area contributed by atoms with Gasteiger partial charge in [-0.3, -0.25) is 4.72 Å². The van der Waals surface area contributed by atoms with E-state index in [9.17, 15) is 13.2 Å². The molecule has 3 aromatic carbocycles. The summed E-state index contributed by atoms with van der Waals surface area (Å²) in [6, 6.07) is 17.7. The maximum Gasteiger partial charge on any atom is 0.319 e. The van der Waals surface area contributed by atoms with Gasteiger partial charge in [0.2, 0.25) is 0 Å². The van der Waals surface area contributed by atoms with Gasteiger partial charge in [-0.1, -0.05) is 18.2 Å². The molecule has 0 aliphatic carbocycles. The number of hydrogen-bond donors (Lipinski definition) is 4. The van der Waals surface area contributed by atoms with Crippen LogP contribution in [-0.4, -0.2) is 70.7 Å². The monoisotopic (exact) mass is 565 g/mol. The summed E-state index contributed by atoms with van der Waals surface area (Å²) in [5.74, 6) is 1.23. The average molecular weight is 566 g/mol. The van der Waals surface area contributed by atoms with Crippen molar-refractivity contribution < 1.29 is 22.7 Å². The number of carbonyl (C=O) groups excluding carboxylic acids is 1. The Morgan fingerprint density at radius 1 is 0.850 bits per heavy atom. The van der Waals surface area contributed by atoms with Crippen molar-refractivity contribution in [1.82, 2.24) is 20.2 Å². The molecule has 1 aromatic heterocycles. The van der Waals surface area contributed by atoms with Gasteiger partial charge in [-0.2, -0.15) is 0 Å². The van der Waals surface area contributed by atoms with E-state index in [-0.39, 0.29) is 16.5 Å². The molecular formula is C27H31N7O5S. The van der Waals surface area contributed by atoms with Gasteiger partial charge in [-0.15, -0.1) is 0 Å². The van der Waals surface area contributed by atoms with Gasteiger partial charge < -0.3 is 30.3 Å². The Hall–Kier alpha value is -4.62. The van der Waals surface area contributed by atoms with Crippen molar-refractivity contribution in [2.75, 3.05) is 56.8 Å². The number of methoxy groups -OCH3 is 2. The van der Waals surface area contributed by atoms with Crippen LogP contribution >= 0.6 is 0 Å². The number of fused-ring (bicyclic) bond motifs is 1. The van der Waals surface area contributed by atoms with Gasteiger partial charge in [0.25, 0.3) is 10.0 Å². The van der Waals surface area contributed by atoms with E-state index in [4.69, 9.17) is 9.47 Å². The molecule has 1 heterocycles. The molecule has 210 valence electrons. The largest absolute Gasteiger partial charge is 0.497 e. The van der Waals surface area contributed by atoms with Gasteiger partial charge in [0.05, 0.1) is 30.1 Å². The predicted molar refractivity (Wildman–Crippen MR) is 155 cm³/mol. The molecule has 4 rings (SSSR count). The first kappa shape index (κ1) is 28.4. The number of urea groups is 1. The number of benzene rings is 3. The molecule has 0 radical (unpaired) electrons. The Balaban J connectivity index is 1.63. The zero-order chi connectivity index (χ0) is 28.7. The highest BCUT2D eigenvalue weighted by atomic mass is 32.2. The molecule has 0 aliphatic heterocycles. The molecule has 4 aromatic rings. The first-order valence-electron chi connectivity index (χ1n) is 12.3. The number of nitrogens with one attached hydrogen (secondary N) is 4. The van der Waals surface area contributed by atoms with Crippen molar-refractivity contribution in [2.24, 2.45) is 0 Å². The van der Waals surface area contributed by atoms with Crippen molar-refractivity contribution in [2.45, 2.75) is 4.90 Å². The van der Waals surface area contributed by atoms with Crippen LogP contribution in [0.3, 0.4) is 0 Å². The number of carbonyl (C=O) groups is 1. The van der Waals surface area contributed by atoms with E-state index in [0.29, 0.717) is 47.0 Å². The number of hydrogen-bond acceptors (Lipinski definition) is 9. The number of likely N-dealkylation sites (N-methyl/N-ethyl adjacent to an activating group) is 1. The van der Waals surface area contributed by atoms with Gasteiger partial charge >= 0.3 is 6.03 Å². The van der Waals surface area contributed by atoms with E-state index in [1.165, 1.54) is 32.4 Å². The fraction of sp³-hybridized carbons (Fsp3) is 0.222. The SMILES string of the molecule is COc1cc(Nc2nc3ccccc3nc2NS(=O)(=O)c2cccc(NC(=O)NCCN(C)C)c2)cc(OC)c1. The van der Waals surface area contributed by atoms with Crippen molar-refractivity contribution in [3.63, 3.8) is 0 Å². The first-order valence-corrected chi connectivity index (χ1v) is 13.7. The highest BCUT2D eigenvalue weighted by molar-refractivity contribution is 7.92. The van der Waals surface area contributed by atoms with Crippen LogP contribution in [0.2, 0.25) is 0 Å². The summed E-state index contributed by atoms with van der Waals surface area (Å²) in [6.45, 7) is 1.10. The van der Waals surface area contributed by atoms with Crippen LogP contribution in [0.25, 0.3) is 11.0 Å². The number of anilines is 4. The van der Waals surface area contributed by atoms with Crippen LogP contribution in [-0.2, 0) is 10.0 Å². The maximum atomic E-state index is 13.4. The first-order chi connectivity index (χ1) is 19.2. The molecule has 0 atom stereocenters. The van der Waals surface area contributed by atoms with E-state index >= 15 is 0 Å². The second-order valence-electron chi connectivity index (χ2n) is 8.95. The summed E-state index contributed by atoms with van der Waals surface area (Å²) in [7, 11) is 2.73. The fourth-order valence-electron chi connectivity index (χ4n) is 3.67. The van der Waals surface area contributed by atoms with Crippen LogP contribution < -0.4 is 30.1 Å². The van der Waals surface area contributed by atoms with Crippen molar-refractivity contribution in [3.8, 4) is 11.5 Å². The smallest absolute Gasteiger partial charge is 0.319 e. The molecule has 12 nitrogen and oxygen atoms in total. The summed E-state index contributed by atoms with van der Waals surface area (Å²) in [5, 5.41) is 8.50. The van der Waals surface area contributed by atoms with Gasteiger partial charge in [0.15, 0.2) is 11.6 Å². The van der Waals surface area contributed by atoms with E-state index in [1.54, 1.807) is 42.5 Å². The van der Waals surface area contributed by atoms with Gasteiger partial charge in [-0.05, 0) is 44.4 Å². The Bertz CT molecular complexity index is 1590. The van der Waals surface area contributed by atoms with Crippen molar-refractivity contribution >= 4 is 50.1 Å². The molecule has 13 heteroatoms. The highest BCUT2D eigenvalue weighted by Crippen LogP contribution is 2.31. The summed E-state index contributed by atoms with van der Waals surface area (Å²) >= 11 is 0. The minimum absolute atomic E-state index is 0.0136. The van der Waals surface area contributed by atoms with Crippen LogP contribution in [0.5, 0.6) is 11.5 Å². The number of para-hydroxylation sites is 2. The molecule has 4 N–H and O–H groups in total. The number of rotatable bonds is 11. The van der Waals surface area contributed by atoms with Crippen LogP contribution in [0.1, 0.15) is 0 Å². The average Bonchev–Trinajstić information content (AvgIpc) is 2.93. The lowest BCUT2D eigenvalue weighted by molar-refractivity contribution is 0.250. The quantitative estimate of drug-likeness (QED) is 0.213. The Morgan fingerprint density at radius 2 is 1.50 bits per heavy atom. The third kappa shape index (κ3) is 7.27. The lowest BCUT2D eigenvalue weighted by Gasteiger charge is -2.15. The van der Waals surface area contributed by atoms with Crippen molar-refractivity contribution in [1.29, 1.82) is 0 Å². The van der Waals surface area contributed by atoms with Gasteiger partial charge in [0.1, 0.15) is 11.5 Å². The molecule has 2 amide bonds. The second kappa shape index (κ2) is 12.5. The van der Waals surface area contributed by atoms with E-state index in [1.807, 2.05) is 25.1 Å². The number of amides is 2. The minimum atomic E-state index is -4.13. The lowest BCUT2D eigenvalue weighted by Crippen LogP contribution is -2.34. The maximum absolute atomic E-state index is 13.4. The number of sulfonamides is 1.